The molecule has 5 aliphatic rings. The third-order valence-corrected chi connectivity index (χ3v) is 7.88. The van der Waals surface area contributed by atoms with Gasteiger partial charge in [-0.15, -0.1) is 0 Å². The van der Waals surface area contributed by atoms with Crippen LogP contribution in [0.1, 0.15) is 17.5 Å². The van der Waals surface area contributed by atoms with Crippen LogP contribution in [0.2, 0.25) is 0 Å². The summed E-state index contributed by atoms with van der Waals surface area (Å²) < 4.78 is 1.10. The van der Waals surface area contributed by atoms with Crippen LogP contribution in [0, 0.1) is 49.4 Å². The lowest BCUT2D eigenvalue weighted by molar-refractivity contribution is -0.139. The molecule has 0 spiro atoms. The van der Waals surface area contributed by atoms with Gasteiger partial charge in [-0.2, -0.15) is 0 Å². The highest BCUT2D eigenvalue weighted by molar-refractivity contribution is 9.10. The molecule has 1 heterocycles. The summed E-state index contributed by atoms with van der Waals surface area (Å²) in [6.07, 6.45) is 5.62. The zero-order valence-corrected chi connectivity index (χ0v) is 15.9. The first-order valence-electron chi connectivity index (χ1n) is 9.01. The molecule has 1 aromatic rings. The predicted octanol–water partition coefficient (Wildman–Crippen LogP) is 3.49. The summed E-state index contributed by atoms with van der Waals surface area (Å²) in [7, 11) is 0. The Kier molecular flexibility index (Phi) is 3.25. The number of carbonyl (C=O) groups excluding carboxylic acids is 2. The van der Waals surface area contributed by atoms with E-state index >= 15 is 0 Å². The molecule has 2 saturated carbocycles. The van der Waals surface area contributed by atoms with E-state index in [2.05, 4.69) is 33.4 Å². The standard InChI is InChI=1S/C20H21BrN2O2/c1-9-5-11(6-10(2)18(9)21)22-8-23-19(24)16-12-3-4-13(15-7-14(12)15)17(16)20(23)25/h3-6,12-17,22H,7-8H2,1-2H3/t12-,13-,14-,15+,16+,17+/m1/s1. The van der Waals surface area contributed by atoms with Crippen LogP contribution in [0.15, 0.2) is 28.8 Å². The number of halogens is 1. The number of benzene rings is 1. The highest BCUT2D eigenvalue weighted by atomic mass is 79.9. The van der Waals surface area contributed by atoms with E-state index in [9.17, 15) is 9.59 Å². The van der Waals surface area contributed by atoms with Crippen LogP contribution in [-0.2, 0) is 9.59 Å². The third kappa shape index (κ3) is 2.11. The van der Waals surface area contributed by atoms with Gasteiger partial charge in [0, 0.05) is 10.2 Å². The van der Waals surface area contributed by atoms with E-state index in [-0.39, 0.29) is 30.3 Å². The number of hydrogen-bond donors (Lipinski definition) is 1. The van der Waals surface area contributed by atoms with Gasteiger partial charge in [0.05, 0.1) is 18.5 Å². The molecular formula is C20H21BrN2O2. The lowest BCUT2D eigenvalue weighted by Gasteiger charge is -2.37. The van der Waals surface area contributed by atoms with Crippen molar-refractivity contribution in [3.63, 3.8) is 0 Å². The summed E-state index contributed by atoms with van der Waals surface area (Å²) >= 11 is 3.57. The maximum Gasteiger partial charge on any atom is 0.235 e. The number of nitrogens with one attached hydrogen (secondary N) is 1. The fourth-order valence-corrected chi connectivity index (χ4v) is 5.62. The van der Waals surface area contributed by atoms with Crippen LogP contribution in [0.25, 0.3) is 0 Å². The molecule has 6 atom stereocenters. The van der Waals surface area contributed by atoms with Gasteiger partial charge in [-0.05, 0) is 67.2 Å². The minimum absolute atomic E-state index is 0.0257. The number of aryl methyl sites for hydroxylation is 2. The SMILES string of the molecule is Cc1cc(NCN2C(=O)[C@H]3[C@@H]4C=C[C@H]([C@@H]5C[C@H]45)[C@@H]3C2=O)cc(C)c1Br. The average molecular weight is 401 g/mol. The number of imide groups is 1. The number of anilines is 1. The summed E-state index contributed by atoms with van der Waals surface area (Å²) in [4.78, 5) is 27.3. The number of likely N-dealkylation sites (tertiary alicyclic amines) is 1. The Hall–Kier alpha value is -1.62. The molecule has 5 heteroatoms. The van der Waals surface area contributed by atoms with Crippen molar-refractivity contribution in [2.24, 2.45) is 35.5 Å². The van der Waals surface area contributed by atoms with Crippen molar-refractivity contribution in [2.45, 2.75) is 20.3 Å². The molecule has 6 rings (SSSR count). The van der Waals surface area contributed by atoms with Gasteiger partial charge in [0.25, 0.3) is 0 Å². The molecule has 1 aliphatic heterocycles. The molecule has 3 fully saturated rings. The van der Waals surface area contributed by atoms with E-state index in [0.29, 0.717) is 23.7 Å². The second-order valence-corrected chi connectivity index (χ2v) is 8.81. The van der Waals surface area contributed by atoms with Gasteiger partial charge in [-0.25, -0.2) is 0 Å². The van der Waals surface area contributed by atoms with Crippen molar-refractivity contribution < 1.29 is 9.59 Å². The third-order valence-electron chi connectivity index (χ3n) is 6.63. The number of rotatable bonds is 3. The highest BCUT2D eigenvalue weighted by Crippen LogP contribution is 2.65. The fourth-order valence-electron chi connectivity index (χ4n) is 5.39. The van der Waals surface area contributed by atoms with Crippen molar-refractivity contribution in [3.05, 3.63) is 39.9 Å². The Morgan fingerprint density at radius 1 is 1.04 bits per heavy atom. The van der Waals surface area contributed by atoms with Crippen molar-refractivity contribution in [3.8, 4) is 0 Å². The molecule has 25 heavy (non-hydrogen) atoms. The summed E-state index contributed by atoms with van der Waals surface area (Å²) in [5.74, 6) is 1.71. The van der Waals surface area contributed by atoms with Gasteiger partial charge in [0.1, 0.15) is 0 Å². The molecule has 0 aromatic heterocycles. The Labute approximate surface area is 155 Å². The second-order valence-electron chi connectivity index (χ2n) is 8.02. The summed E-state index contributed by atoms with van der Waals surface area (Å²) in [5.41, 5.74) is 3.22. The van der Waals surface area contributed by atoms with E-state index in [1.54, 1.807) is 0 Å². The molecule has 4 nitrogen and oxygen atoms in total. The Balaban J connectivity index is 1.36. The molecule has 0 unspecified atom stereocenters. The maximum absolute atomic E-state index is 12.9. The second kappa shape index (κ2) is 5.19. The van der Waals surface area contributed by atoms with Crippen LogP contribution >= 0.6 is 15.9 Å². The number of hydrogen-bond acceptors (Lipinski definition) is 3. The van der Waals surface area contributed by atoms with Crippen LogP contribution in [0.4, 0.5) is 5.69 Å². The van der Waals surface area contributed by atoms with Crippen molar-refractivity contribution in [1.29, 1.82) is 0 Å². The van der Waals surface area contributed by atoms with Gasteiger partial charge in [0.2, 0.25) is 11.8 Å². The smallest absolute Gasteiger partial charge is 0.235 e. The Morgan fingerprint density at radius 3 is 2.08 bits per heavy atom. The number of carbonyl (C=O) groups is 2. The predicted molar refractivity (Wildman–Crippen MR) is 98.7 cm³/mol. The minimum atomic E-state index is -0.110. The summed E-state index contributed by atoms with van der Waals surface area (Å²) in [5, 5.41) is 3.28. The number of amides is 2. The molecule has 1 N–H and O–H groups in total. The van der Waals surface area contributed by atoms with Crippen LogP contribution < -0.4 is 5.32 Å². The Morgan fingerprint density at radius 2 is 1.56 bits per heavy atom. The molecule has 2 amide bonds. The zero-order valence-electron chi connectivity index (χ0n) is 14.3. The van der Waals surface area contributed by atoms with Gasteiger partial charge < -0.3 is 5.32 Å². The quantitative estimate of drug-likeness (QED) is 0.623. The highest BCUT2D eigenvalue weighted by Gasteiger charge is 2.66. The average Bonchev–Trinajstić information content (AvgIpc) is 3.37. The van der Waals surface area contributed by atoms with Crippen LogP contribution in [0.5, 0.6) is 0 Å². The van der Waals surface area contributed by atoms with Crippen LogP contribution in [-0.4, -0.2) is 23.4 Å². The Bertz CT molecular complexity index is 774. The van der Waals surface area contributed by atoms with Gasteiger partial charge in [0.15, 0.2) is 0 Å². The molecule has 2 bridgehead atoms. The van der Waals surface area contributed by atoms with E-state index in [1.165, 1.54) is 11.3 Å². The molecule has 130 valence electrons. The van der Waals surface area contributed by atoms with Crippen LogP contribution in [0.3, 0.4) is 0 Å². The zero-order chi connectivity index (χ0) is 17.5. The van der Waals surface area contributed by atoms with E-state index in [4.69, 9.17) is 0 Å². The lowest BCUT2D eigenvalue weighted by Crippen LogP contribution is -2.40. The first-order valence-corrected chi connectivity index (χ1v) is 9.81. The summed E-state index contributed by atoms with van der Waals surface area (Å²) in [6, 6.07) is 4.07. The fraction of sp³-hybridized carbons (Fsp3) is 0.500. The largest absolute Gasteiger partial charge is 0.367 e. The van der Waals surface area contributed by atoms with Crippen molar-refractivity contribution in [1.82, 2.24) is 4.90 Å². The molecular weight excluding hydrogens is 380 g/mol. The van der Waals surface area contributed by atoms with Gasteiger partial charge in [-0.1, -0.05) is 28.1 Å². The van der Waals surface area contributed by atoms with Gasteiger partial charge in [-0.3, -0.25) is 14.5 Å². The van der Waals surface area contributed by atoms with Crippen molar-refractivity contribution >= 4 is 33.4 Å². The van der Waals surface area contributed by atoms with E-state index < -0.39 is 0 Å². The molecule has 4 aliphatic carbocycles. The number of nitrogens with zero attached hydrogens (tertiary/aromatic N) is 1. The topological polar surface area (TPSA) is 49.4 Å². The van der Waals surface area contributed by atoms with E-state index in [0.717, 1.165) is 21.3 Å². The first-order chi connectivity index (χ1) is 12.0. The normalized spacial score (nSPS) is 37.3. The molecule has 0 radical (unpaired) electrons. The minimum Gasteiger partial charge on any atom is -0.367 e. The number of allylic oxidation sites excluding steroid dienone is 2. The molecule has 1 aromatic carbocycles. The monoisotopic (exact) mass is 400 g/mol. The summed E-state index contributed by atoms with van der Waals surface area (Å²) in [6.45, 7) is 4.34. The maximum atomic E-state index is 12.9. The van der Waals surface area contributed by atoms with E-state index in [1.807, 2.05) is 26.0 Å². The van der Waals surface area contributed by atoms with Gasteiger partial charge >= 0.3 is 0 Å². The lowest BCUT2D eigenvalue weighted by atomic mass is 9.63. The van der Waals surface area contributed by atoms with Crippen molar-refractivity contribution in [2.75, 3.05) is 12.0 Å². The molecule has 1 saturated heterocycles. The first kappa shape index (κ1) is 15.6.